The largest absolute Gasteiger partial charge is 0.465 e. The number of ether oxygens (including phenoxy) is 2. The lowest BCUT2D eigenvalue weighted by molar-refractivity contribution is -0.144. The van der Waals surface area contributed by atoms with Gasteiger partial charge in [-0.15, -0.1) is 0 Å². The molecule has 0 unspecified atom stereocenters. The number of esters is 2. The molecule has 0 spiro atoms. The number of urea groups is 1. The van der Waals surface area contributed by atoms with Crippen LogP contribution in [0.5, 0.6) is 0 Å². The normalized spacial score (nSPS) is 11.4. The van der Waals surface area contributed by atoms with Crippen molar-refractivity contribution in [1.29, 1.82) is 0 Å². The third-order valence-corrected chi connectivity index (χ3v) is 2.82. The van der Waals surface area contributed by atoms with Gasteiger partial charge >= 0.3 is 18.0 Å². The second-order valence-electron chi connectivity index (χ2n) is 4.14. The lowest BCUT2D eigenvalue weighted by Crippen LogP contribution is -2.47. The summed E-state index contributed by atoms with van der Waals surface area (Å²) < 4.78 is 9.54. The summed E-state index contributed by atoms with van der Waals surface area (Å²) in [6, 6.07) is 4.39. The number of nitrogens with two attached hydrogens (primary N) is 1. The highest BCUT2D eigenvalue weighted by Gasteiger charge is 2.30. The quantitative estimate of drug-likeness (QED) is 0.825. The minimum Gasteiger partial charge on any atom is -0.465 e. The molecule has 0 radical (unpaired) electrons. The maximum absolute atomic E-state index is 11.8. The van der Waals surface area contributed by atoms with Gasteiger partial charge in [0, 0.05) is 0 Å². The predicted octanol–water partition coefficient (Wildman–Crippen LogP) is 1.31. The van der Waals surface area contributed by atoms with Gasteiger partial charge in [-0.25, -0.2) is 14.4 Å². The summed E-state index contributed by atoms with van der Waals surface area (Å²) in [5, 5.41) is 0. The van der Waals surface area contributed by atoms with E-state index >= 15 is 0 Å². The Kier molecular flexibility index (Phi) is 5.71. The molecule has 0 fully saturated rings. The summed E-state index contributed by atoms with van der Waals surface area (Å²) in [4.78, 5) is 36.3. The molecule has 0 heterocycles. The number of para-hydroxylation sites is 1. The molecule has 0 aromatic heterocycles. The average Bonchev–Trinajstić information content (AvgIpc) is 2.47. The zero-order valence-electron chi connectivity index (χ0n) is 12.2. The van der Waals surface area contributed by atoms with Crippen molar-refractivity contribution >= 4 is 23.7 Å². The Morgan fingerprint density at radius 2 is 1.90 bits per heavy atom. The summed E-state index contributed by atoms with van der Waals surface area (Å²) in [7, 11) is 1.22. The first-order chi connectivity index (χ1) is 9.93. The van der Waals surface area contributed by atoms with Crippen molar-refractivity contribution in [1.82, 2.24) is 0 Å². The number of carbonyl (C=O) groups is 3. The zero-order valence-corrected chi connectivity index (χ0v) is 12.2. The van der Waals surface area contributed by atoms with E-state index in [9.17, 15) is 14.4 Å². The highest BCUT2D eigenvalue weighted by Crippen LogP contribution is 2.23. The van der Waals surface area contributed by atoms with Crippen LogP contribution in [0, 0.1) is 0 Å². The fourth-order valence-corrected chi connectivity index (χ4v) is 1.85. The number of hydrogen-bond acceptors (Lipinski definition) is 5. The van der Waals surface area contributed by atoms with Gasteiger partial charge in [-0.05, 0) is 26.0 Å². The molecular weight excluding hydrogens is 276 g/mol. The number of methoxy groups -OCH3 is 1. The van der Waals surface area contributed by atoms with Crippen LogP contribution in [0.2, 0.25) is 0 Å². The zero-order chi connectivity index (χ0) is 16.0. The molecule has 2 N–H and O–H groups in total. The summed E-state index contributed by atoms with van der Waals surface area (Å²) in [6.07, 6.45) is 0. The van der Waals surface area contributed by atoms with Crippen molar-refractivity contribution in [2.45, 2.75) is 19.9 Å². The van der Waals surface area contributed by atoms with E-state index in [-0.39, 0.29) is 17.9 Å². The third-order valence-electron chi connectivity index (χ3n) is 2.82. The fraction of sp³-hybridized carbons (Fsp3) is 0.357. The predicted molar refractivity (Wildman–Crippen MR) is 75.9 cm³/mol. The topological polar surface area (TPSA) is 98.9 Å². The lowest BCUT2D eigenvalue weighted by Gasteiger charge is -2.27. The first-order valence-corrected chi connectivity index (χ1v) is 6.36. The maximum atomic E-state index is 11.8. The number of rotatable bonds is 5. The van der Waals surface area contributed by atoms with Crippen LogP contribution in [-0.4, -0.2) is 37.7 Å². The standard InChI is InChI=1S/C14H18N2O5/c1-4-21-12(17)9(2)16(14(15)19)11-8-6-5-7-10(11)13(18)20-3/h5-9H,4H2,1-3H3,(H2,15,19)/t9-/m0/s1. The van der Waals surface area contributed by atoms with Crippen LogP contribution in [0.1, 0.15) is 24.2 Å². The SMILES string of the molecule is CCOC(=O)[C@H](C)N(C(N)=O)c1ccccc1C(=O)OC. The Labute approximate surface area is 122 Å². The number of amides is 2. The second kappa shape index (κ2) is 7.28. The summed E-state index contributed by atoms with van der Waals surface area (Å²) >= 11 is 0. The van der Waals surface area contributed by atoms with Crippen LogP contribution in [0.3, 0.4) is 0 Å². The number of anilines is 1. The highest BCUT2D eigenvalue weighted by atomic mass is 16.5. The molecular formula is C14H18N2O5. The van der Waals surface area contributed by atoms with E-state index < -0.39 is 24.0 Å². The maximum Gasteiger partial charge on any atom is 0.339 e. The molecule has 0 saturated heterocycles. The van der Waals surface area contributed by atoms with Crippen LogP contribution in [-0.2, 0) is 14.3 Å². The van der Waals surface area contributed by atoms with E-state index in [2.05, 4.69) is 4.74 Å². The molecule has 1 atom stereocenters. The van der Waals surface area contributed by atoms with Crippen molar-refractivity contribution in [3.63, 3.8) is 0 Å². The van der Waals surface area contributed by atoms with Gasteiger partial charge in [0.25, 0.3) is 0 Å². The highest BCUT2D eigenvalue weighted by molar-refractivity contribution is 6.04. The number of nitrogens with zero attached hydrogens (tertiary/aromatic N) is 1. The van der Waals surface area contributed by atoms with E-state index in [1.165, 1.54) is 26.2 Å². The lowest BCUT2D eigenvalue weighted by atomic mass is 10.1. The Hall–Kier alpha value is -2.57. The number of primary amides is 1. The van der Waals surface area contributed by atoms with E-state index in [1.807, 2.05) is 0 Å². The van der Waals surface area contributed by atoms with Crippen molar-refractivity contribution in [2.24, 2.45) is 5.73 Å². The van der Waals surface area contributed by atoms with Crippen LogP contribution in [0.4, 0.5) is 10.5 Å². The number of hydrogen-bond donors (Lipinski definition) is 1. The molecule has 0 aliphatic carbocycles. The molecule has 7 heteroatoms. The molecule has 0 saturated carbocycles. The Bertz CT molecular complexity index is 544. The van der Waals surface area contributed by atoms with Crippen LogP contribution >= 0.6 is 0 Å². The summed E-state index contributed by atoms with van der Waals surface area (Å²) in [5.41, 5.74) is 5.67. The smallest absolute Gasteiger partial charge is 0.339 e. The van der Waals surface area contributed by atoms with Gasteiger partial charge < -0.3 is 15.2 Å². The van der Waals surface area contributed by atoms with Gasteiger partial charge in [0.1, 0.15) is 6.04 Å². The Morgan fingerprint density at radius 1 is 1.29 bits per heavy atom. The number of carbonyl (C=O) groups excluding carboxylic acids is 3. The average molecular weight is 294 g/mol. The summed E-state index contributed by atoms with van der Waals surface area (Å²) in [6.45, 7) is 3.30. The van der Waals surface area contributed by atoms with Gasteiger partial charge in [-0.2, -0.15) is 0 Å². The minimum atomic E-state index is -0.965. The van der Waals surface area contributed by atoms with Gasteiger partial charge in [-0.1, -0.05) is 12.1 Å². The van der Waals surface area contributed by atoms with Crippen molar-refractivity contribution in [3.05, 3.63) is 29.8 Å². The van der Waals surface area contributed by atoms with Gasteiger partial charge in [0.05, 0.1) is 25.0 Å². The Morgan fingerprint density at radius 3 is 2.43 bits per heavy atom. The van der Waals surface area contributed by atoms with Crippen LogP contribution in [0.25, 0.3) is 0 Å². The second-order valence-corrected chi connectivity index (χ2v) is 4.14. The van der Waals surface area contributed by atoms with Crippen molar-refractivity contribution in [2.75, 3.05) is 18.6 Å². The van der Waals surface area contributed by atoms with Crippen LogP contribution in [0.15, 0.2) is 24.3 Å². The minimum absolute atomic E-state index is 0.134. The molecule has 1 aromatic carbocycles. The van der Waals surface area contributed by atoms with Gasteiger partial charge in [0.15, 0.2) is 0 Å². The van der Waals surface area contributed by atoms with E-state index in [0.717, 1.165) is 4.90 Å². The molecule has 21 heavy (non-hydrogen) atoms. The van der Waals surface area contributed by atoms with Crippen molar-refractivity contribution < 1.29 is 23.9 Å². The number of benzene rings is 1. The van der Waals surface area contributed by atoms with Crippen LogP contribution < -0.4 is 10.6 Å². The van der Waals surface area contributed by atoms with E-state index in [0.29, 0.717) is 0 Å². The first kappa shape index (κ1) is 16.5. The third kappa shape index (κ3) is 3.71. The van der Waals surface area contributed by atoms with Gasteiger partial charge in [-0.3, -0.25) is 4.90 Å². The van der Waals surface area contributed by atoms with E-state index in [1.54, 1.807) is 19.1 Å². The molecule has 0 aliphatic rings. The monoisotopic (exact) mass is 294 g/mol. The first-order valence-electron chi connectivity index (χ1n) is 6.36. The van der Waals surface area contributed by atoms with Gasteiger partial charge in [0.2, 0.25) is 0 Å². The molecule has 7 nitrogen and oxygen atoms in total. The van der Waals surface area contributed by atoms with E-state index in [4.69, 9.17) is 10.5 Å². The Balaban J connectivity index is 3.27. The molecule has 0 aliphatic heterocycles. The van der Waals surface area contributed by atoms with Crippen molar-refractivity contribution in [3.8, 4) is 0 Å². The molecule has 1 rings (SSSR count). The molecule has 2 amide bonds. The fourth-order valence-electron chi connectivity index (χ4n) is 1.85. The summed E-state index contributed by atoms with van der Waals surface area (Å²) in [5.74, 6) is -1.25. The molecule has 1 aromatic rings. The molecule has 114 valence electrons. The molecule has 0 bridgehead atoms.